The summed E-state index contributed by atoms with van der Waals surface area (Å²) in [6, 6.07) is 12.0. The fourth-order valence-corrected chi connectivity index (χ4v) is 3.86. The van der Waals surface area contributed by atoms with Crippen LogP contribution in [0.5, 0.6) is 0 Å². The summed E-state index contributed by atoms with van der Waals surface area (Å²) in [6.07, 6.45) is 1.74. The van der Waals surface area contributed by atoms with Crippen molar-refractivity contribution in [3.8, 4) is 0 Å². The molecule has 1 unspecified atom stereocenters. The number of carbonyl (C=O) groups excluding carboxylic acids is 3. The predicted molar refractivity (Wildman–Crippen MR) is 140 cm³/mol. The zero-order valence-corrected chi connectivity index (χ0v) is 21.8. The van der Waals surface area contributed by atoms with Crippen LogP contribution in [0.25, 0.3) is 0 Å². The number of carbonyl (C=O) groups is 3. The SMILES string of the molecule is CC(C)CC(=O)NC(C(=O)Nc1ccc(N2CCN(C(=O)OC(C)(C)C)CC2)cn1)c1ccccc1. The number of amides is 3. The average molecular weight is 496 g/mol. The van der Waals surface area contributed by atoms with Gasteiger partial charge in [-0.15, -0.1) is 0 Å². The molecule has 0 spiro atoms. The van der Waals surface area contributed by atoms with Gasteiger partial charge in [-0.3, -0.25) is 9.59 Å². The van der Waals surface area contributed by atoms with E-state index in [4.69, 9.17) is 4.74 Å². The van der Waals surface area contributed by atoms with Crippen molar-refractivity contribution in [1.29, 1.82) is 0 Å². The third-order valence-corrected chi connectivity index (χ3v) is 5.59. The van der Waals surface area contributed by atoms with E-state index in [-0.39, 0.29) is 23.8 Å². The first-order valence-corrected chi connectivity index (χ1v) is 12.4. The fraction of sp³-hybridized carbons (Fsp3) is 0.481. The number of nitrogens with one attached hydrogen (secondary N) is 2. The lowest BCUT2D eigenvalue weighted by molar-refractivity contribution is -0.127. The first-order chi connectivity index (χ1) is 17.0. The maximum Gasteiger partial charge on any atom is 0.410 e. The second-order valence-corrected chi connectivity index (χ2v) is 10.4. The van der Waals surface area contributed by atoms with E-state index in [2.05, 4.69) is 20.5 Å². The molecule has 9 nitrogen and oxygen atoms in total. The Bertz CT molecular complexity index is 1030. The summed E-state index contributed by atoms with van der Waals surface area (Å²) >= 11 is 0. The van der Waals surface area contributed by atoms with Crippen LogP contribution in [0, 0.1) is 5.92 Å². The van der Waals surface area contributed by atoms with Gasteiger partial charge in [0.2, 0.25) is 5.91 Å². The van der Waals surface area contributed by atoms with Crippen LogP contribution >= 0.6 is 0 Å². The van der Waals surface area contributed by atoms with Gasteiger partial charge in [-0.25, -0.2) is 9.78 Å². The summed E-state index contributed by atoms with van der Waals surface area (Å²) in [5.74, 6) is 0.0484. The van der Waals surface area contributed by atoms with E-state index in [0.29, 0.717) is 44.0 Å². The molecule has 0 radical (unpaired) electrons. The van der Waals surface area contributed by atoms with Crippen LogP contribution in [0.2, 0.25) is 0 Å². The number of nitrogens with zero attached hydrogens (tertiary/aromatic N) is 3. The number of hydrogen-bond donors (Lipinski definition) is 2. The average Bonchev–Trinajstić information content (AvgIpc) is 2.82. The van der Waals surface area contributed by atoms with Crippen LogP contribution in [0.3, 0.4) is 0 Å². The molecular weight excluding hydrogens is 458 g/mol. The van der Waals surface area contributed by atoms with Gasteiger partial charge in [0.05, 0.1) is 11.9 Å². The van der Waals surface area contributed by atoms with Crippen molar-refractivity contribution in [2.24, 2.45) is 5.92 Å². The number of hydrogen-bond acceptors (Lipinski definition) is 6. The highest BCUT2D eigenvalue weighted by Gasteiger charge is 2.27. The number of ether oxygens (including phenoxy) is 1. The smallest absolute Gasteiger partial charge is 0.410 e. The van der Waals surface area contributed by atoms with Crippen molar-refractivity contribution in [3.63, 3.8) is 0 Å². The third-order valence-electron chi connectivity index (χ3n) is 5.59. The lowest BCUT2D eigenvalue weighted by Crippen LogP contribution is -2.50. The van der Waals surface area contributed by atoms with Gasteiger partial charge in [0.25, 0.3) is 5.91 Å². The maximum atomic E-state index is 13.1. The molecule has 0 aliphatic carbocycles. The zero-order chi connectivity index (χ0) is 26.3. The van der Waals surface area contributed by atoms with Crippen molar-refractivity contribution in [3.05, 3.63) is 54.2 Å². The molecule has 2 aromatic rings. The number of pyridine rings is 1. The minimum absolute atomic E-state index is 0.178. The van der Waals surface area contributed by atoms with Crippen LogP contribution in [0.15, 0.2) is 48.7 Å². The normalized spacial score (nSPS) is 14.8. The van der Waals surface area contributed by atoms with Crippen LogP contribution in [0.4, 0.5) is 16.3 Å². The van der Waals surface area contributed by atoms with Crippen molar-refractivity contribution in [1.82, 2.24) is 15.2 Å². The standard InChI is InChI=1S/C27H37N5O4/c1-19(2)17-23(33)30-24(20-9-7-6-8-10-20)25(34)29-22-12-11-21(18-28-22)31-13-15-32(16-14-31)26(35)36-27(3,4)5/h6-12,18-19,24H,13-17H2,1-5H3,(H,30,33)(H,28,29,34). The predicted octanol–water partition coefficient (Wildman–Crippen LogP) is 3.98. The Morgan fingerprint density at radius 2 is 1.67 bits per heavy atom. The van der Waals surface area contributed by atoms with Crippen LogP contribution in [0.1, 0.15) is 52.6 Å². The topological polar surface area (TPSA) is 104 Å². The molecule has 36 heavy (non-hydrogen) atoms. The Hall–Kier alpha value is -3.62. The second kappa shape index (κ2) is 11.9. The summed E-state index contributed by atoms with van der Waals surface area (Å²) in [5.41, 5.74) is 1.09. The number of rotatable bonds is 7. The third kappa shape index (κ3) is 7.96. The Morgan fingerprint density at radius 3 is 2.22 bits per heavy atom. The monoisotopic (exact) mass is 495 g/mol. The number of piperazine rings is 1. The summed E-state index contributed by atoms with van der Waals surface area (Å²) in [7, 11) is 0. The van der Waals surface area contributed by atoms with E-state index in [9.17, 15) is 14.4 Å². The van der Waals surface area contributed by atoms with Gasteiger partial charge < -0.3 is 25.2 Å². The summed E-state index contributed by atoms with van der Waals surface area (Å²) < 4.78 is 5.45. The number of aromatic nitrogens is 1. The summed E-state index contributed by atoms with van der Waals surface area (Å²) in [6.45, 7) is 11.9. The molecule has 2 heterocycles. The van der Waals surface area contributed by atoms with Crippen molar-refractivity contribution < 1.29 is 19.1 Å². The molecule has 3 rings (SSSR count). The minimum atomic E-state index is -0.820. The number of anilines is 2. The molecule has 194 valence electrons. The van der Waals surface area contributed by atoms with Gasteiger partial charge in [-0.05, 0) is 44.4 Å². The van der Waals surface area contributed by atoms with Crippen molar-refractivity contribution in [2.45, 2.75) is 52.7 Å². The Labute approximate surface area is 213 Å². The van der Waals surface area contributed by atoms with Gasteiger partial charge in [0, 0.05) is 32.6 Å². The highest BCUT2D eigenvalue weighted by molar-refractivity contribution is 5.97. The van der Waals surface area contributed by atoms with E-state index >= 15 is 0 Å². The molecule has 9 heteroatoms. The zero-order valence-electron chi connectivity index (χ0n) is 21.8. The largest absolute Gasteiger partial charge is 0.444 e. The Balaban J connectivity index is 1.60. The molecule has 1 fully saturated rings. The summed E-state index contributed by atoms with van der Waals surface area (Å²) in [5, 5.41) is 5.67. The first kappa shape index (κ1) is 27.0. The van der Waals surface area contributed by atoms with E-state index in [0.717, 1.165) is 5.69 Å². The molecule has 1 aliphatic heterocycles. The molecule has 0 bridgehead atoms. The molecule has 3 amide bonds. The molecule has 0 saturated carbocycles. The highest BCUT2D eigenvalue weighted by atomic mass is 16.6. The van der Waals surface area contributed by atoms with Crippen molar-refractivity contribution >= 4 is 29.4 Å². The molecule has 1 aromatic carbocycles. The second-order valence-electron chi connectivity index (χ2n) is 10.4. The van der Waals surface area contributed by atoms with E-state index in [1.54, 1.807) is 17.2 Å². The van der Waals surface area contributed by atoms with E-state index in [1.165, 1.54) is 0 Å². The number of benzene rings is 1. The van der Waals surface area contributed by atoms with Crippen LogP contribution in [-0.2, 0) is 14.3 Å². The fourth-order valence-electron chi connectivity index (χ4n) is 3.86. The quantitative estimate of drug-likeness (QED) is 0.602. The molecule has 2 N–H and O–H groups in total. The maximum absolute atomic E-state index is 13.1. The highest BCUT2D eigenvalue weighted by Crippen LogP contribution is 2.20. The van der Waals surface area contributed by atoms with Crippen LogP contribution < -0.4 is 15.5 Å². The molecule has 1 aliphatic rings. The molecule has 1 saturated heterocycles. The van der Waals surface area contributed by atoms with Gasteiger partial charge in [0.1, 0.15) is 17.5 Å². The first-order valence-electron chi connectivity index (χ1n) is 12.4. The van der Waals surface area contributed by atoms with Crippen molar-refractivity contribution in [2.75, 3.05) is 36.4 Å². The van der Waals surface area contributed by atoms with Gasteiger partial charge in [-0.1, -0.05) is 44.2 Å². The summed E-state index contributed by atoms with van der Waals surface area (Å²) in [4.78, 5) is 46.0. The van der Waals surface area contributed by atoms with E-state index < -0.39 is 11.6 Å². The lowest BCUT2D eigenvalue weighted by Gasteiger charge is -2.36. The Kier molecular flexibility index (Phi) is 8.90. The molecule has 1 aromatic heterocycles. The minimum Gasteiger partial charge on any atom is -0.444 e. The van der Waals surface area contributed by atoms with Crippen LogP contribution in [-0.4, -0.2) is 59.6 Å². The van der Waals surface area contributed by atoms with Gasteiger partial charge >= 0.3 is 6.09 Å². The Morgan fingerprint density at radius 1 is 1.00 bits per heavy atom. The lowest BCUT2D eigenvalue weighted by atomic mass is 10.0. The van der Waals surface area contributed by atoms with Gasteiger partial charge in [0.15, 0.2) is 0 Å². The van der Waals surface area contributed by atoms with Gasteiger partial charge in [-0.2, -0.15) is 0 Å². The molecular formula is C27H37N5O4. The van der Waals surface area contributed by atoms with E-state index in [1.807, 2.05) is 71.0 Å². The molecule has 1 atom stereocenters.